The van der Waals surface area contributed by atoms with Crippen molar-refractivity contribution in [2.45, 2.75) is 57.8 Å². The van der Waals surface area contributed by atoms with E-state index in [0.29, 0.717) is 0 Å². The topological polar surface area (TPSA) is 22.3 Å². The van der Waals surface area contributed by atoms with Crippen molar-refractivity contribution in [2.75, 3.05) is 0 Å². The minimum absolute atomic E-state index is 0.743. The van der Waals surface area contributed by atoms with Crippen LogP contribution in [0.3, 0.4) is 0 Å². The molecule has 0 bridgehead atoms. The summed E-state index contributed by atoms with van der Waals surface area (Å²) in [5, 5.41) is 9.35. The zero-order valence-electron chi connectivity index (χ0n) is 7.31. The quantitative estimate of drug-likeness (QED) is 0.509. The van der Waals surface area contributed by atoms with Crippen LogP contribution in [0.1, 0.15) is 57.8 Å². The molecule has 0 aliphatic heterocycles. The minimum Gasteiger partial charge on any atom is -0.160 e. The van der Waals surface area contributed by atoms with Gasteiger partial charge in [-0.05, 0) is 25.7 Å². The Morgan fingerprint density at radius 1 is 0.636 bits per heavy atom. The van der Waals surface area contributed by atoms with Crippen LogP contribution in [0.4, 0.5) is 0 Å². The molecule has 0 amide bonds. The first-order valence-corrected chi connectivity index (χ1v) is 4.93. The Morgan fingerprint density at radius 2 is 1.00 bits per heavy atom. The van der Waals surface area contributed by atoms with Crippen LogP contribution in [0.15, 0.2) is 0 Å². The molecule has 0 aromatic heterocycles. The standard InChI is InChI=1S/C10H18N/c11-10-8-6-4-2-1-3-5-7-9-10/h1-9H2. The van der Waals surface area contributed by atoms with Crippen molar-refractivity contribution in [2.24, 2.45) is 0 Å². The highest BCUT2D eigenvalue weighted by Gasteiger charge is 2.01. The average Bonchev–Trinajstić information content (AvgIpc) is 2.03. The third-order valence-corrected chi connectivity index (χ3v) is 2.43. The first-order valence-electron chi connectivity index (χ1n) is 4.93. The van der Waals surface area contributed by atoms with Crippen LogP contribution >= 0.6 is 0 Å². The number of hydrogen-bond acceptors (Lipinski definition) is 0. The maximum absolute atomic E-state index is 9.35. The Hall–Kier alpha value is -0.330. The van der Waals surface area contributed by atoms with Crippen molar-refractivity contribution in [3.63, 3.8) is 0 Å². The SMILES string of the molecule is [N]=C1CCCCCCCCC1. The maximum Gasteiger partial charge on any atom is 0.0405 e. The monoisotopic (exact) mass is 152 g/mol. The fourth-order valence-electron chi connectivity index (χ4n) is 1.67. The molecule has 1 heteroatoms. The van der Waals surface area contributed by atoms with E-state index in [4.69, 9.17) is 0 Å². The van der Waals surface area contributed by atoms with Crippen LogP contribution in [-0.4, -0.2) is 5.71 Å². The van der Waals surface area contributed by atoms with E-state index in [1.807, 2.05) is 0 Å². The van der Waals surface area contributed by atoms with Crippen LogP contribution in [0.25, 0.3) is 0 Å². The molecule has 1 nitrogen and oxygen atoms in total. The molecular weight excluding hydrogens is 134 g/mol. The van der Waals surface area contributed by atoms with Gasteiger partial charge in [0, 0.05) is 5.71 Å². The van der Waals surface area contributed by atoms with Gasteiger partial charge in [0.1, 0.15) is 0 Å². The van der Waals surface area contributed by atoms with E-state index >= 15 is 0 Å². The molecule has 1 radical (unpaired) electrons. The summed E-state index contributed by atoms with van der Waals surface area (Å²) >= 11 is 0. The Bertz CT molecular complexity index is 106. The second-order valence-electron chi connectivity index (χ2n) is 3.54. The van der Waals surface area contributed by atoms with Crippen molar-refractivity contribution >= 4 is 5.71 Å². The third-order valence-electron chi connectivity index (χ3n) is 2.43. The zero-order chi connectivity index (χ0) is 7.94. The van der Waals surface area contributed by atoms with Gasteiger partial charge in [-0.2, -0.15) is 5.41 Å². The molecule has 1 fully saturated rings. The molecule has 0 aromatic rings. The second kappa shape index (κ2) is 5.34. The van der Waals surface area contributed by atoms with E-state index < -0.39 is 0 Å². The van der Waals surface area contributed by atoms with Gasteiger partial charge < -0.3 is 0 Å². The summed E-state index contributed by atoms with van der Waals surface area (Å²) in [6, 6.07) is 0. The van der Waals surface area contributed by atoms with Crippen LogP contribution in [-0.2, 0) is 0 Å². The summed E-state index contributed by atoms with van der Waals surface area (Å²) in [6.45, 7) is 0. The van der Waals surface area contributed by atoms with Gasteiger partial charge >= 0.3 is 0 Å². The molecule has 0 saturated heterocycles. The number of hydrogen-bond donors (Lipinski definition) is 0. The highest BCUT2D eigenvalue weighted by atomic mass is 14.4. The molecule has 1 aliphatic carbocycles. The van der Waals surface area contributed by atoms with Crippen LogP contribution in [0, 0.1) is 0 Å². The minimum atomic E-state index is 0.743. The van der Waals surface area contributed by atoms with E-state index in [2.05, 4.69) is 0 Å². The molecule has 63 valence electrons. The van der Waals surface area contributed by atoms with Crippen molar-refractivity contribution in [1.82, 2.24) is 5.41 Å². The molecule has 0 atom stereocenters. The van der Waals surface area contributed by atoms with Gasteiger partial charge in [-0.15, -0.1) is 0 Å². The van der Waals surface area contributed by atoms with E-state index in [1.165, 1.54) is 44.9 Å². The predicted molar refractivity (Wildman–Crippen MR) is 48.7 cm³/mol. The highest BCUT2D eigenvalue weighted by molar-refractivity contribution is 5.82. The predicted octanol–water partition coefficient (Wildman–Crippen LogP) is 2.75. The van der Waals surface area contributed by atoms with Crippen molar-refractivity contribution in [3.8, 4) is 0 Å². The van der Waals surface area contributed by atoms with Gasteiger partial charge in [0.2, 0.25) is 0 Å². The lowest BCUT2D eigenvalue weighted by Crippen LogP contribution is -2.00. The smallest absolute Gasteiger partial charge is 0.0405 e. The fourth-order valence-corrected chi connectivity index (χ4v) is 1.67. The van der Waals surface area contributed by atoms with E-state index in [-0.39, 0.29) is 0 Å². The first kappa shape index (κ1) is 8.76. The summed E-state index contributed by atoms with van der Waals surface area (Å²) in [7, 11) is 0. The number of rotatable bonds is 0. The summed E-state index contributed by atoms with van der Waals surface area (Å²) in [4.78, 5) is 0. The fraction of sp³-hybridized carbons (Fsp3) is 0.900. The molecule has 0 aromatic carbocycles. The summed E-state index contributed by atoms with van der Waals surface area (Å²) in [5.41, 5.74) is 0.743. The maximum atomic E-state index is 9.35. The number of nitrogens with zero attached hydrogens (tertiary/aromatic N) is 1. The van der Waals surface area contributed by atoms with E-state index in [9.17, 15) is 5.41 Å². The van der Waals surface area contributed by atoms with Crippen molar-refractivity contribution in [1.29, 1.82) is 0 Å². The molecule has 1 saturated carbocycles. The lowest BCUT2D eigenvalue weighted by atomic mass is 10.00. The molecule has 1 aliphatic rings. The molecular formula is C10H18N. The van der Waals surface area contributed by atoms with E-state index in [1.54, 1.807) is 0 Å². The molecule has 0 heterocycles. The molecule has 1 rings (SSSR count). The average molecular weight is 152 g/mol. The lowest BCUT2D eigenvalue weighted by Gasteiger charge is -2.06. The van der Waals surface area contributed by atoms with E-state index in [0.717, 1.165) is 18.6 Å². The van der Waals surface area contributed by atoms with Crippen LogP contribution < -0.4 is 5.41 Å². The Morgan fingerprint density at radius 3 is 1.45 bits per heavy atom. The second-order valence-corrected chi connectivity index (χ2v) is 3.54. The largest absolute Gasteiger partial charge is 0.160 e. The normalized spacial score (nSPS) is 23.1. The molecule has 0 unspecified atom stereocenters. The first-order chi connectivity index (χ1) is 5.39. The van der Waals surface area contributed by atoms with Crippen LogP contribution in [0.5, 0.6) is 0 Å². The summed E-state index contributed by atoms with van der Waals surface area (Å²) in [5.74, 6) is 0. The molecule has 0 N–H and O–H groups in total. The van der Waals surface area contributed by atoms with Gasteiger partial charge in [-0.25, -0.2) is 0 Å². The molecule has 0 spiro atoms. The lowest BCUT2D eigenvalue weighted by molar-refractivity contribution is 0.575. The van der Waals surface area contributed by atoms with Crippen molar-refractivity contribution in [3.05, 3.63) is 0 Å². The summed E-state index contributed by atoms with van der Waals surface area (Å²) in [6.07, 6.45) is 11.1. The van der Waals surface area contributed by atoms with Crippen LogP contribution in [0.2, 0.25) is 0 Å². The molecule has 11 heavy (non-hydrogen) atoms. The Balaban J connectivity index is 2.17. The Kier molecular flexibility index (Phi) is 4.25. The van der Waals surface area contributed by atoms with Gasteiger partial charge in [-0.1, -0.05) is 32.1 Å². The van der Waals surface area contributed by atoms with Gasteiger partial charge in [-0.3, -0.25) is 0 Å². The third kappa shape index (κ3) is 4.18. The van der Waals surface area contributed by atoms with Crippen molar-refractivity contribution < 1.29 is 0 Å². The van der Waals surface area contributed by atoms with Gasteiger partial charge in [0.15, 0.2) is 0 Å². The summed E-state index contributed by atoms with van der Waals surface area (Å²) < 4.78 is 0. The van der Waals surface area contributed by atoms with Gasteiger partial charge in [0.05, 0.1) is 0 Å². The highest BCUT2D eigenvalue weighted by Crippen LogP contribution is 2.13. The zero-order valence-corrected chi connectivity index (χ0v) is 7.31. The van der Waals surface area contributed by atoms with Gasteiger partial charge in [0.25, 0.3) is 0 Å². The Labute approximate surface area is 69.7 Å².